The van der Waals surface area contributed by atoms with Gasteiger partial charge in [0.25, 0.3) is 0 Å². The van der Waals surface area contributed by atoms with Crippen LogP contribution >= 0.6 is 11.6 Å². The first-order chi connectivity index (χ1) is 7.94. The molecule has 0 bridgehead atoms. The fourth-order valence-corrected chi connectivity index (χ4v) is 2.06. The Hall–Kier alpha value is -1.49. The van der Waals surface area contributed by atoms with Gasteiger partial charge in [0.05, 0.1) is 17.5 Å². The molecule has 0 radical (unpaired) electrons. The number of hydrogen-bond acceptors (Lipinski definition) is 3. The minimum absolute atomic E-state index is 0.105. The first-order valence-electron chi connectivity index (χ1n) is 4.93. The van der Waals surface area contributed by atoms with Gasteiger partial charge in [-0.3, -0.25) is 4.79 Å². The summed E-state index contributed by atoms with van der Waals surface area (Å²) >= 11 is 5.65. The van der Waals surface area contributed by atoms with E-state index in [2.05, 4.69) is 0 Å². The number of phenolic OH excluding ortho intramolecular Hbond substituents is 1. The van der Waals surface area contributed by atoms with Gasteiger partial charge in [0.2, 0.25) is 0 Å². The third-order valence-electron chi connectivity index (χ3n) is 3.03. The van der Waals surface area contributed by atoms with Crippen LogP contribution in [0.3, 0.4) is 0 Å². The lowest BCUT2D eigenvalue weighted by atomic mass is 9.94. The van der Waals surface area contributed by atoms with Crippen LogP contribution in [-0.2, 0) is 10.2 Å². The fourth-order valence-electron chi connectivity index (χ4n) is 1.87. The molecule has 1 aliphatic carbocycles. The number of carbonyl (C=O) groups is 1. The maximum Gasteiger partial charge on any atom is 0.314 e. The molecule has 92 valence electrons. The monoisotopic (exact) mass is 260 g/mol. The molecule has 6 heteroatoms. The number of benzene rings is 1. The predicted octanol–water partition coefficient (Wildman–Crippen LogP) is 2.31. The van der Waals surface area contributed by atoms with Gasteiger partial charge in [0, 0.05) is 5.56 Å². The summed E-state index contributed by atoms with van der Waals surface area (Å²) < 4.78 is 18.2. The number of halogens is 2. The molecule has 0 saturated heterocycles. The molecule has 17 heavy (non-hydrogen) atoms. The summed E-state index contributed by atoms with van der Waals surface area (Å²) in [6, 6.07) is 1.15. The van der Waals surface area contributed by atoms with Crippen LogP contribution in [0.1, 0.15) is 18.4 Å². The zero-order valence-corrected chi connectivity index (χ0v) is 9.71. The van der Waals surface area contributed by atoms with Crippen molar-refractivity contribution in [2.45, 2.75) is 18.3 Å². The molecule has 0 spiro atoms. The molecule has 0 amide bonds. The highest BCUT2D eigenvalue weighted by molar-refractivity contribution is 6.31. The SMILES string of the molecule is COc1c(O)c(C2(C(=O)O)CC2)cc(Cl)c1F. The minimum atomic E-state index is -1.16. The summed E-state index contributed by atoms with van der Waals surface area (Å²) in [4.78, 5) is 11.1. The zero-order valence-electron chi connectivity index (χ0n) is 8.96. The largest absolute Gasteiger partial charge is 0.504 e. The Morgan fingerprint density at radius 2 is 2.18 bits per heavy atom. The summed E-state index contributed by atoms with van der Waals surface area (Å²) in [6.45, 7) is 0. The molecule has 0 aliphatic heterocycles. The van der Waals surface area contributed by atoms with Crippen molar-refractivity contribution in [2.75, 3.05) is 7.11 Å². The van der Waals surface area contributed by atoms with Crippen molar-refractivity contribution >= 4 is 17.6 Å². The molecule has 0 heterocycles. The van der Waals surface area contributed by atoms with Crippen molar-refractivity contribution in [2.24, 2.45) is 0 Å². The third-order valence-corrected chi connectivity index (χ3v) is 3.30. The number of phenols is 1. The van der Waals surface area contributed by atoms with E-state index in [1.165, 1.54) is 7.11 Å². The summed E-state index contributed by atoms with van der Waals surface area (Å²) in [5.74, 6) is -2.86. The molecule has 2 N–H and O–H groups in total. The Kier molecular flexibility index (Phi) is 2.66. The molecular weight excluding hydrogens is 251 g/mol. The van der Waals surface area contributed by atoms with Crippen LogP contribution in [0, 0.1) is 5.82 Å². The summed E-state index contributed by atoms with van der Waals surface area (Å²) in [6.07, 6.45) is 0.780. The molecule has 0 unspecified atom stereocenters. The van der Waals surface area contributed by atoms with Crippen molar-refractivity contribution in [1.29, 1.82) is 0 Å². The molecule has 1 aliphatic rings. The van der Waals surface area contributed by atoms with Crippen LogP contribution in [0.2, 0.25) is 5.02 Å². The average Bonchev–Trinajstić information content (AvgIpc) is 3.05. The van der Waals surface area contributed by atoms with Gasteiger partial charge in [0.15, 0.2) is 17.3 Å². The van der Waals surface area contributed by atoms with Gasteiger partial charge in [-0.2, -0.15) is 0 Å². The van der Waals surface area contributed by atoms with Crippen LogP contribution in [0.5, 0.6) is 11.5 Å². The van der Waals surface area contributed by atoms with Crippen LogP contribution in [-0.4, -0.2) is 23.3 Å². The molecule has 1 aromatic rings. The topological polar surface area (TPSA) is 66.8 Å². The van der Waals surface area contributed by atoms with Crippen molar-refractivity contribution < 1.29 is 24.1 Å². The van der Waals surface area contributed by atoms with E-state index in [0.717, 1.165) is 6.07 Å². The Morgan fingerprint density at radius 1 is 1.59 bits per heavy atom. The number of aromatic hydroxyl groups is 1. The van der Waals surface area contributed by atoms with Gasteiger partial charge in [-0.1, -0.05) is 11.6 Å². The van der Waals surface area contributed by atoms with Crippen LogP contribution in [0.15, 0.2) is 6.07 Å². The lowest BCUT2D eigenvalue weighted by Gasteiger charge is -2.15. The number of hydrogen-bond donors (Lipinski definition) is 2. The number of methoxy groups -OCH3 is 1. The van der Waals surface area contributed by atoms with Crippen LogP contribution < -0.4 is 4.74 Å². The van der Waals surface area contributed by atoms with Gasteiger partial charge < -0.3 is 14.9 Å². The Labute approximate surface area is 102 Å². The Bertz CT molecular complexity index is 497. The summed E-state index contributed by atoms with van der Waals surface area (Å²) in [7, 11) is 1.18. The number of aliphatic carboxylic acids is 1. The Morgan fingerprint density at radius 3 is 2.59 bits per heavy atom. The van der Waals surface area contributed by atoms with Gasteiger partial charge >= 0.3 is 5.97 Å². The van der Waals surface area contributed by atoms with Crippen molar-refractivity contribution in [3.05, 3.63) is 22.5 Å². The standard InChI is InChI=1S/C11H10ClFO4/c1-17-9-7(13)6(12)4-5(8(9)14)11(2-3-11)10(15)16/h4,14H,2-3H2,1H3,(H,15,16). The minimum Gasteiger partial charge on any atom is -0.504 e. The van der Waals surface area contributed by atoms with Gasteiger partial charge in [-0.25, -0.2) is 4.39 Å². The smallest absolute Gasteiger partial charge is 0.314 e. The molecule has 1 saturated carbocycles. The second-order valence-electron chi connectivity index (χ2n) is 3.99. The summed E-state index contributed by atoms with van der Waals surface area (Å²) in [5.41, 5.74) is -1.05. The molecule has 4 nitrogen and oxygen atoms in total. The van der Waals surface area contributed by atoms with Crippen LogP contribution in [0.25, 0.3) is 0 Å². The van der Waals surface area contributed by atoms with Gasteiger partial charge in [-0.15, -0.1) is 0 Å². The van der Waals surface area contributed by atoms with Crippen molar-refractivity contribution in [1.82, 2.24) is 0 Å². The number of rotatable bonds is 3. The molecule has 2 rings (SSSR count). The number of carboxylic acid groups (broad SMARTS) is 1. The van der Waals surface area contributed by atoms with E-state index in [-0.39, 0.29) is 10.6 Å². The first-order valence-corrected chi connectivity index (χ1v) is 5.30. The second-order valence-corrected chi connectivity index (χ2v) is 4.40. The van der Waals surface area contributed by atoms with E-state index in [4.69, 9.17) is 21.4 Å². The van der Waals surface area contributed by atoms with Gasteiger partial charge in [-0.05, 0) is 18.9 Å². The van der Waals surface area contributed by atoms with E-state index in [9.17, 15) is 14.3 Å². The van der Waals surface area contributed by atoms with Crippen molar-refractivity contribution in [3.8, 4) is 11.5 Å². The normalized spacial score (nSPS) is 16.6. The van der Waals surface area contributed by atoms with Crippen molar-refractivity contribution in [3.63, 3.8) is 0 Å². The highest BCUT2D eigenvalue weighted by Gasteiger charge is 2.54. The van der Waals surface area contributed by atoms with E-state index < -0.39 is 28.7 Å². The highest BCUT2D eigenvalue weighted by atomic mass is 35.5. The quantitative estimate of drug-likeness (QED) is 0.875. The average molecular weight is 261 g/mol. The second kappa shape index (κ2) is 3.77. The summed E-state index contributed by atoms with van der Waals surface area (Å²) in [5, 5.41) is 18.7. The van der Waals surface area contributed by atoms with E-state index in [1.807, 2.05) is 0 Å². The predicted molar refractivity (Wildman–Crippen MR) is 58.2 cm³/mol. The first kappa shape index (κ1) is 12.0. The van der Waals surface area contributed by atoms with E-state index >= 15 is 0 Å². The molecule has 1 fully saturated rings. The maximum absolute atomic E-state index is 13.5. The molecule has 1 aromatic carbocycles. The lowest BCUT2D eigenvalue weighted by Crippen LogP contribution is -2.20. The third kappa shape index (κ3) is 1.61. The maximum atomic E-state index is 13.5. The number of ether oxygens (including phenoxy) is 1. The zero-order chi connectivity index (χ0) is 12.8. The highest BCUT2D eigenvalue weighted by Crippen LogP contribution is 2.54. The van der Waals surface area contributed by atoms with E-state index in [0.29, 0.717) is 12.8 Å². The van der Waals surface area contributed by atoms with Gasteiger partial charge in [0.1, 0.15) is 0 Å². The van der Waals surface area contributed by atoms with E-state index in [1.54, 1.807) is 0 Å². The van der Waals surface area contributed by atoms with Crippen LogP contribution in [0.4, 0.5) is 4.39 Å². The number of carboxylic acids is 1. The fraction of sp³-hybridized carbons (Fsp3) is 0.364. The molecular formula is C11H10ClFO4. The molecule has 0 aromatic heterocycles. The molecule has 0 atom stereocenters. The Balaban J connectivity index is 2.64. The lowest BCUT2D eigenvalue weighted by molar-refractivity contribution is -0.140.